The number of nitrogens with zero attached hydrogens (tertiary/aromatic N) is 4. The largest absolute Gasteiger partial charge is 0.453 e. The summed E-state index contributed by atoms with van der Waals surface area (Å²) in [5.74, 6) is 0.00518. The van der Waals surface area contributed by atoms with Gasteiger partial charge < -0.3 is 20.3 Å². The van der Waals surface area contributed by atoms with Crippen molar-refractivity contribution >= 4 is 39.2 Å². The number of allylic oxidation sites excluding steroid dienone is 9. The summed E-state index contributed by atoms with van der Waals surface area (Å²) in [5.41, 5.74) is 8.29. The molecule has 1 aliphatic heterocycles. The Kier molecular flexibility index (Phi) is 12.7. The molecule has 2 aliphatic carbocycles. The quantitative estimate of drug-likeness (QED) is 0.109. The van der Waals surface area contributed by atoms with Crippen molar-refractivity contribution in [3.63, 3.8) is 0 Å². The fraction of sp³-hybridized carbons (Fsp3) is 0.362. The van der Waals surface area contributed by atoms with Crippen molar-refractivity contribution < 1.29 is 18.7 Å². The van der Waals surface area contributed by atoms with E-state index >= 15 is 4.39 Å². The monoisotopic (exact) mass is 800 g/mol. The van der Waals surface area contributed by atoms with E-state index in [9.17, 15) is 9.59 Å². The third-order valence-electron chi connectivity index (χ3n) is 11.0. The number of anilines is 1. The molecule has 7 rings (SSSR count). The highest BCUT2D eigenvalue weighted by Gasteiger charge is 2.27. The Morgan fingerprint density at radius 3 is 2.53 bits per heavy atom. The van der Waals surface area contributed by atoms with Crippen molar-refractivity contribution in [1.29, 1.82) is 0 Å². The normalized spacial score (nSPS) is 18.1. The number of thiophene rings is 1. The molecule has 58 heavy (non-hydrogen) atoms. The molecule has 2 fully saturated rings. The molecule has 3 aromatic heterocycles. The van der Waals surface area contributed by atoms with Crippen LogP contribution in [0.2, 0.25) is 0 Å². The Bertz CT molecular complexity index is 2310. The predicted molar refractivity (Wildman–Crippen MR) is 232 cm³/mol. The van der Waals surface area contributed by atoms with Gasteiger partial charge in [0.15, 0.2) is 11.6 Å². The second kappa shape index (κ2) is 18.0. The van der Waals surface area contributed by atoms with Gasteiger partial charge in [0.05, 0.1) is 20.8 Å². The number of piperazine rings is 1. The number of hydrogen-bond donors (Lipinski definition) is 2. The molecule has 0 spiro atoms. The number of carbonyl (C=O) groups excluding carboxylic acids is 2. The zero-order valence-corrected chi connectivity index (χ0v) is 34.9. The second-order valence-corrected chi connectivity index (χ2v) is 17.4. The first-order chi connectivity index (χ1) is 27.9. The second-order valence-electron chi connectivity index (χ2n) is 16.3. The predicted octanol–water partition coefficient (Wildman–Crippen LogP) is 10.7. The van der Waals surface area contributed by atoms with Crippen LogP contribution >= 0.6 is 11.3 Å². The molecule has 2 N–H and O–H groups in total. The number of nitrogens with one attached hydrogen (secondary N) is 2. The standard InChI is InChI=1S/C47H53FN6O3S/c1-31(11-16-37-33(3)10-7-20-47(37,4)5)8-6-9-32(2)26-44(55)54-24-22-53(23-25-54)30-34-12-17-39(50-29-34)43-28-40-45(58-43)42(19-21-49-40)57-41-18-15-36(27-38(41)48)52-46(56)51-35-13-14-35/h6,8-9,11-12,15-19,21,26-29,35H,7,10,13-14,20,22-25,30H2,1-5H3,(H2,51,52,56)/b9-6+,16-11+,31-8+,32-26+. The zero-order chi connectivity index (χ0) is 40.8. The Labute approximate surface area is 345 Å². The Hall–Kier alpha value is -5.39. The van der Waals surface area contributed by atoms with Gasteiger partial charge in [-0.1, -0.05) is 61.4 Å². The van der Waals surface area contributed by atoms with Crippen LogP contribution in [0.3, 0.4) is 0 Å². The number of hydrogen-bond acceptors (Lipinski definition) is 7. The maximum absolute atomic E-state index is 15.0. The summed E-state index contributed by atoms with van der Waals surface area (Å²) in [7, 11) is 0. The number of amides is 3. The molecule has 0 bridgehead atoms. The lowest BCUT2D eigenvalue weighted by molar-refractivity contribution is -0.127. The SMILES string of the molecule is CC1=C(/C=C/C(C)=C/C=C/C(C)=C/C(=O)N2CCN(Cc3ccc(-c4cc5nccc(Oc6ccc(NC(=O)NC7CC7)cc6F)c5s4)nc3)CC2)C(C)(C)CCC1. The fourth-order valence-corrected chi connectivity index (χ4v) is 8.54. The number of pyridine rings is 2. The van der Waals surface area contributed by atoms with E-state index in [-0.39, 0.29) is 29.1 Å². The van der Waals surface area contributed by atoms with E-state index in [0.29, 0.717) is 24.5 Å². The van der Waals surface area contributed by atoms with Gasteiger partial charge in [0.2, 0.25) is 5.91 Å². The summed E-state index contributed by atoms with van der Waals surface area (Å²) < 4.78 is 21.8. The van der Waals surface area contributed by atoms with Crippen molar-refractivity contribution in [3.05, 3.63) is 125 Å². The Balaban J connectivity index is 0.891. The molecule has 11 heteroatoms. The first kappa shape index (κ1) is 40.8. The molecule has 1 saturated heterocycles. The van der Waals surface area contributed by atoms with E-state index in [1.54, 1.807) is 24.4 Å². The van der Waals surface area contributed by atoms with Gasteiger partial charge in [-0.3, -0.25) is 19.7 Å². The molecule has 3 amide bonds. The van der Waals surface area contributed by atoms with E-state index < -0.39 is 5.82 Å². The third kappa shape index (κ3) is 10.6. The average molecular weight is 801 g/mol. The molecular formula is C47H53FN6O3S. The lowest BCUT2D eigenvalue weighted by Crippen LogP contribution is -2.47. The van der Waals surface area contributed by atoms with Crippen LogP contribution in [-0.2, 0) is 11.3 Å². The summed E-state index contributed by atoms with van der Waals surface area (Å²) in [6.45, 7) is 14.7. The number of rotatable bonds is 12. The molecular weight excluding hydrogens is 748 g/mol. The Morgan fingerprint density at radius 2 is 1.81 bits per heavy atom. The van der Waals surface area contributed by atoms with Crippen molar-refractivity contribution in [2.45, 2.75) is 79.3 Å². The number of benzene rings is 1. The smallest absolute Gasteiger partial charge is 0.319 e. The van der Waals surface area contributed by atoms with Gasteiger partial charge in [-0.05, 0) is 99.3 Å². The molecule has 0 radical (unpaired) electrons. The number of carbonyl (C=O) groups is 2. The first-order valence-electron chi connectivity index (χ1n) is 20.2. The average Bonchev–Trinajstić information content (AvgIpc) is 3.89. The van der Waals surface area contributed by atoms with Crippen LogP contribution in [0, 0.1) is 11.2 Å². The number of urea groups is 1. The topological polar surface area (TPSA) is 99.7 Å². The van der Waals surface area contributed by atoms with Crippen LogP contribution in [0.15, 0.2) is 114 Å². The van der Waals surface area contributed by atoms with Gasteiger partial charge in [-0.15, -0.1) is 11.3 Å². The molecule has 4 aromatic rings. The number of ether oxygens (including phenoxy) is 1. The minimum absolute atomic E-state index is 0.0481. The van der Waals surface area contributed by atoms with E-state index in [1.807, 2.05) is 42.3 Å². The minimum atomic E-state index is -0.583. The Morgan fingerprint density at radius 1 is 1.00 bits per heavy atom. The van der Waals surface area contributed by atoms with Crippen molar-refractivity contribution in [2.75, 3.05) is 31.5 Å². The maximum atomic E-state index is 15.0. The van der Waals surface area contributed by atoms with Crippen LogP contribution in [0.25, 0.3) is 20.8 Å². The van der Waals surface area contributed by atoms with Gasteiger partial charge in [0, 0.05) is 75.1 Å². The highest BCUT2D eigenvalue weighted by Crippen LogP contribution is 2.41. The van der Waals surface area contributed by atoms with Crippen LogP contribution < -0.4 is 15.4 Å². The summed E-state index contributed by atoms with van der Waals surface area (Å²) in [4.78, 5) is 39.6. The van der Waals surface area contributed by atoms with Crippen molar-refractivity contribution in [2.24, 2.45) is 5.41 Å². The summed E-state index contributed by atoms with van der Waals surface area (Å²) >= 11 is 1.48. The van der Waals surface area contributed by atoms with Gasteiger partial charge in [0.25, 0.3) is 0 Å². The lowest BCUT2D eigenvalue weighted by Gasteiger charge is -2.34. The van der Waals surface area contributed by atoms with E-state index in [2.05, 4.69) is 72.5 Å². The van der Waals surface area contributed by atoms with E-state index in [1.165, 1.54) is 59.5 Å². The third-order valence-corrected chi connectivity index (χ3v) is 12.2. The number of halogens is 1. The number of fused-ring (bicyclic) bond motifs is 1. The van der Waals surface area contributed by atoms with E-state index in [4.69, 9.17) is 9.72 Å². The molecule has 0 atom stereocenters. The van der Waals surface area contributed by atoms with Crippen LogP contribution in [0.1, 0.15) is 72.3 Å². The fourth-order valence-electron chi connectivity index (χ4n) is 7.50. The van der Waals surface area contributed by atoms with E-state index in [0.717, 1.165) is 64.4 Å². The molecule has 3 aliphatic rings. The highest BCUT2D eigenvalue weighted by molar-refractivity contribution is 7.22. The van der Waals surface area contributed by atoms with Gasteiger partial charge in [0.1, 0.15) is 5.75 Å². The van der Waals surface area contributed by atoms with Crippen LogP contribution in [0.5, 0.6) is 11.5 Å². The van der Waals surface area contributed by atoms with Crippen molar-refractivity contribution in [3.8, 4) is 22.1 Å². The minimum Gasteiger partial charge on any atom is -0.453 e. The maximum Gasteiger partial charge on any atom is 0.319 e. The van der Waals surface area contributed by atoms with Crippen LogP contribution in [0.4, 0.5) is 14.9 Å². The van der Waals surface area contributed by atoms with Crippen LogP contribution in [-0.4, -0.2) is 63.9 Å². The van der Waals surface area contributed by atoms with Gasteiger partial charge in [-0.2, -0.15) is 0 Å². The molecule has 1 saturated carbocycles. The summed E-state index contributed by atoms with van der Waals surface area (Å²) in [6, 6.07) is 12.0. The molecule has 1 aromatic carbocycles. The van der Waals surface area contributed by atoms with Gasteiger partial charge in [-0.25, -0.2) is 9.18 Å². The first-order valence-corrected chi connectivity index (χ1v) is 21.0. The van der Waals surface area contributed by atoms with Crippen molar-refractivity contribution in [1.82, 2.24) is 25.1 Å². The summed E-state index contributed by atoms with van der Waals surface area (Å²) in [5, 5.41) is 5.49. The molecule has 302 valence electrons. The van der Waals surface area contributed by atoms with Gasteiger partial charge >= 0.3 is 6.03 Å². The highest BCUT2D eigenvalue weighted by atomic mass is 32.1. The molecule has 0 unspecified atom stereocenters. The zero-order valence-electron chi connectivity index (χ0n) is 34.1. The molecule has 9 nitrogen and oxygen atoms in total. The lowest BCUT2D eigenvalue weighted by atomic mass is 9.72. The molecule has 4 heterocycles. The summed E-state index contributed by atoms with van der Waals surface area (Å²) in [6.07, 6.45) is 21.5. The number of aromatic nitrogens is 2.